The Morgan fingerprint density at radius 3 is 1.88 bits per heavy atom. The molecule has 0 spiro atoms. The fourth-order valence-electron chi connectivity index (χ4n) is 3.86. The molecule has 0 saturated carbocycles. The van der Waals surface area contributed by atoms with Crippen molar-refractivity contribution in [2.24, 2.45) is 0 Å². The predicted octanol–water partition coefficient (Wildman–Crippen LogP) is 8.66. The summed E-state index contributed by atoms with van der Waals surface area (Å²) in [6.45, 7) is 4.26. The van der Waals surface area contributed by atoms with Gasteiger partial charge in [-0.2, -0.15) is 0 Å². The Kier molecular flexibility index (Phi) is 5.72. The molecule has 0 aliphatic heterocycles. The zero-order valence-electron chi connectivity index (χ0n) is 18.0. The molecule has 1 nitrogen and oxygen atoms in total. The van der Waals surface area contributed by atoms with Crippen LogP contribution in [0.1, 0.15) is 5.56 Å². The average Bonchev–Trinajstić information content (AvgIpc) is 2.85. The van der Waals surface area contributed by atoms with Crippen molar-refractivity contribution in [3.05, 3.63) is 127 Å². The van der Waals surface area contributed by atoms with Gasteiger partial charge in [0.25, 0.3) is 0 Å². The van der Waals surface area contributed by atoms with Crippen LogP contribution in [-0.2, 0) is 0 Å². The van der Waals surface area contributed by atoms with E-state index in [1.807, 2.05) is 24.3 Å². The molecule has 0 aliphatic rings. The Labute approximate surface area is 197 Å². The first-order valence-corrected chi connectivity index (χ1v) is 11.5. The molecule has 0 bridgehead atoms. The molecule has 5 aromatic carbocycles. The largest absolute Gasteiger partial charge is 0.398 e. The normalized spacial score (nSPS) is 10.9. The Morgan fingerprint density at radius 1 is 0.636 bits per heavy atom. The van der Waals surface area contributed by atoms with Crippen LogP contribution in [0.3, 0.4) is 0 Å². The number of rotatable bonds is 5. The number of anilines is 1. The van der Waals surface area contributed by atoms with Gasteiger partial charge in [-0.1, -0.05) is 91.1 Å². The van der Waals surface area contributed by atoms with E-state index in [1.54, 1.807) is 23.9 Å². The number of halogens is 1. The van der Waals surface area contributed by atoms with Crippen LogP contribution in [-0.4, -0.2) is 0 Å². The number of thioether (sulfide) groups is 1. The SMILES string of the molecule is C=C(Sc1ccccc1N)c1ccc2cc(-c3ccc(-c4ccc(F)cc4)cc3)ccc2c1. The molecule has 5 rings (SSSR count). The summed E-state index contributed by atoms with van der Waals surface area (Å²) in [7, 11) is 0. The Bertz CT molecular complexity index is 1450. The molecule has 0 atom stereocenters. The topological polar surface area (TPSA) is 26.0 Å². The second kappa shape index (κ2) is 8.97. The van der Waals surface area contributed by atoms with Crippen LogP contribution in [0, 0.1) is 5.82 Å². The lowest BCUT2D eigenvalue weighted by molar-refractivity contribution is 0.628. The molecular weight excluding hydrogens is 425 g/mol. The molecule has 0 amide bonds. The fraction of sp³-hybridized carbons (Fsp3) is 0. The van der Waals surface area contributed by atoms with Gasteiger partial charge in [-0.15, -0.1) is 0 Å². The molecule has 0 radical (unpaired) electrons. The number of nitrogens with two attached hydrogens (primary N) is 1. The van der Waals surface area contributed by atoms with Crippen LogP contribution in [0.5, 0.6) is 0 Å². The highest BCUT2D eigenvalue weighted by atomic mass is 32.2. The molecule has 3 heteroatoms. The van der Waals surface area contributed by atoms with Gasteiger partial charge < -0.3 is 5.73 Å². The molecule has 2 N–H and O–H groups in total. The monoisotopic (exact) mass is 447 g/mol. The average molecular weight is 448 g/mol. The molecule has 0 unspecified atom stereocenters. The maximum atomic E-state index is 13.2. The summed E-state index contributed by atoms with van der Waals surface area (Å²) >= 11 is 1.59. The van der Waals surface area contributed by atoms with E-state index in [4.69, 9.17) is 5.73 Å². The zero-order valence-corrected chi connectivity index (χ0v) is 18.8. The minimum Gasteiger partial charge on any atom is -0.398 e. The third kappa shape index (κ3) is 4.55. The van der Waals surface area contributed by atoms with E-state index in [2.05, 4.69) is 67.2 Å². The quantitative estimate of drug-likeness (QED) is 0.215. The standard InChI is InChI=1S/C30H22FNS/c1-20(33-30-5-3-2-4-29(30)32)24-10-11-27-19-25(12-13-26(27)18-24)23-8-6-21(7-9-23)22-14-16-28(31)17-15-22/h2-19H,1,32H2. The van der Waals surface area contributed by atoms with Gasteiger partial charge in [-0.05, 0) is 75.0 Å². The van der Waals surface area contributed by atoms with Crippen molar-refractivity contribution in [2.45, 2.75) is 4.90 Å². The number of nitrogen functional groups attached to an aromatic ring is 1. The van der Waals surface area contributed by atoms with Crippen LogP contribution >= 0.6 is 11.8 Å². The van der Waals surface area contributed by atoms with Crippen LogP contribution in [0.15, 0.2) is 121 Å². The van der Waals surface area contributed by atoms with E-state index in [0.29, 0.717) is 0 Å². The molecule has 0 saturated heterocycles. The highest BCUT2D eigenvalue weighted by Crippen LogP contribution is 2.37. The molecule has 0 aliphatic carbocycles. The Hall–Kier alpha value is -3.82. The van der Waals surface area contributed by atoms with Crippen molar-refractivity contribution >= 4 is 33.1 Å². The van der Waals surface area contributed by atoms with Crippen LogP contribution in [0.2, 0.25) is 0 Å². The molecule has 5 aromatic rings. The highest BCUT2D eigenvalue weighted by molar-refractivity contribution is 8.08. The van der Waals surface area contributed by atoms with E-state index in [0.717, 1.165) is 43.3 Å². The molecule has 0 fully saturated rings. The molecule has 33 heavy (non-hydrogen) atoms. The predicted molar refractivity (Wildman–Crippen MR) is 141 cm³/mol. The van der Waals surface area contributed by atoms with E-state index in [-0.39, 0.29) is 5.82 Å². The van der Waals surface area contributed by atoms with Crippen molar-refractivity contribution in [2.75, 3.05) is 5.73 Å². The van der Waals surface area contributed by atoms with Gasteiger partial charge in [-0.3, -0.25) is 0 Å². The summed E-state index contributed by atoms with van der Waals surface area (Å²) in [5.74, 6) is -0.221. The van der Waals surface area contributed by atoms with E-state index < -0.39 is 0 Å². The first kappa shape index (κ1) is 21.0. The summed E-state index contributed by atoms with van der Waals surface area (Å²) in [6, 6.07) is 35.7. The fourth-order valence-corrected chi connectivity index (χ4v) is 4.70. The van der Waals surface area contributed by atoms with Gasteiger partial charge >= 0.3 is 0 Å². The maximum absolute atomic E-state index is 13.2. The first-order valence-electron chi connectivity index (χ1n) is 10.7. The van der Waals surface area contributed by atoms with E-state index in [1.165, 1.54) is 22.9 Å². The van der Waals surface area contributed by atoms with Gasteiger partial charge in [0.15, 0.2) is 0 Å². The third-order valence-electron chi connectivity index (χ3n) is 5.71. The third-order valence-corrected chi connectivity index (χ3v) is 6.78. The lowest BCUT2D eigenvalue weighted by Gasteiger charge is -2.10. The summed E-state index contributed by atoms with van der Waals surface area (Å²) < 4.78 is 13.2. The highest BCUT2D eigenvalue weighted by Gasteiger charge is 2.07. The van der Waals surface area contributed by atoms with Gasteiger partial charge in [0.1, 0.15) is 5.82 Å². The van der Waals surface area contributed by atoms with Crippen molar-refractivity contribution < 1.29 is 4.39 Å². The second-order valence-electron chi connectivity index (χ2n) is 7.92. The zero-order chi connectivity index (χ0) is 22.8. The van der Waals surface area contributed by atoms with Crippen LogP contribution in [0.25, 0.3) is 37.9 Å². The Morgan fingerprint density at radius 2 is 1.18 bits per heavy atom. The van der Waals surface area contributed by atoms with Gasteiger partial charge in [0.05, 0.1) is 0 Å². The van der Waals surface area contributed by atoms with Crippen molar-refractivity contribution in [3.63, 3.8) is 0 Å². The molecule has 0 aromatic heterocycles. The minimum absolute atomic E-state index is 0.221. The lowest BCUT2D eigenvalue weighted by Crippen LogP contribution is -1.88. The molecule has 160 valence electrons. The summed E-state index contributed by atoms with van der Waals surface area (Å²) in [4.78, 5) is 1.98. The summed E-state index contributed by atoms with van der Waals surface area (Å²) in [5, 5.41) is 2.35. The van der Waals surface area contributed by atoms with Crippen molar-refractivity contribution in [3.8, 4) is 22.3 Å². The van der Waals surface area contributed by atoms with Crippen LogP contribution < -0.4 is 5.73 Å². The molecule has 0 heterocycles. The lowest BCUT2D eigenvalue weighted by atomic mass is 9.97. The number of fused-ring (bicyclic) bond motifs is 1. The number of hydrogen-bond acceptors (Lipinski definition) is 2. The second-order valence-corrected chi connectivity index (χ2v) is 9.06. The summed E-state index contributed by atoms with van der Waals surface area (Å²) in [6.07, 6.45) is 0. The first-order chi connectivity index (χ1) is 16.1. The maximum Gasteiger partial charge on any atom is 0.123 e. The van der Waals surface area contributed by atoms with Gasteiger partial charge in [0.2, 0.25) is 0 Å². The van der Waals surface area contributed by atoms with Gasteiger partial charge in [-0.25, -0.2) is 4.39 Å². The van der Waals surface area contributed by atoms with E-state index in [9.17, 15) is 4.39 Å². The van der Waals surface area contributed by atoms with Crippen molar-refractivity contribution in [1.29, 1.82) is 0 Å². The summed E-state index contributed by atoms with van der Waals surface area (Å²) in [5.41, 5.74) is 12.3. The van der Waals surface area contributed by atoms with Gasteiger partial charge in [0, 0.05) is 15.5 Å². The van der Waals surface area contributed by atoms with E-state index >= 15 is 0 Å². The molecular formula is C30H22FNS. The minimum atomic E-state index is -0.221. The smallest absolute Gasteiger partial charge is 0.123 e. The Balaban J connectivity index is 1.38. The van der Waals surface area contributed by atoms with Crippen LogP contribution in [0.4, 0.5) is 10.1 Å². The number of para-hydroxylation sites is 1. The van der Waals surface area contributed by atoms with Crippen molar-refractivity contribution in [1.82, 2.24) is 0 Å². The number of hydrogen-bond donors (Lipinski definition) is 1. The number of benzene rings is 5.